The van der Waals surface area contributed by atoms with Crippen molar-refractivity contribution in [2.75, 3.05) is 37.6 Å². The first kappa shape index (κ1) is 25.9. The highest BCUT2D eigenvalue weighted by Gasteiger charge is 2.35. The Labute approximate surface area is 225 Å². The van der Waals surface area contributed by atoms with Crippen LogP contribution >= 0.6 is 0 Å². The molecule has 2 amide bonds. The molecule has 3 aromatic carbocycles. The number of nitrogens with two attached hydrogens (primary N) is 1. The maximum Gasteiger partial charge on any atom is 0.324 e. The van der Waals surface area contributed by atoms with Gasteiger partial charge in [0.25, 0.3) is 0 Å². The number of rotatable bonds is 9. The lowest BCUT2D eigenvalue weighted by Gasteiger charge is -2.42. The molecule has 38 heavy (non-hydrogen) atoms. The normalized spacial score (nSPS) is 19.1. The number of likely N-dealkylation sites (tertiary alicyclic amines) is 1. The van der Waals surface area contributed by atoms with Crippen LogP contribution in [0.2, 0.25) is 0 Å². The number of carbonyl (C=O) groups is 1. The van der Waals surface area contributed by atoms with Crippen molar-refractivity contribution in [2.45, 2.75) is 32.1 Å². The molecule has 1 atom stereocenters. The number of nitrogens with zero attached hydrogens (tertiary/aromatic N) is 3. The van der Waals surface area contributed by atoms with Crippen molar-refractivity contribution >= 4 is 17.6 Å². The fraction of sp³-hybridized carbons (Fsp3) is 0.355. The number of amidine groups is 1. The molecular weight excluding hydrogens is 474 g/mol. The number of piperidine rings is 1. The van der Waals surface area contributed by atoms with Crippen molar-refractivity contribution in [3.8, 4) is 0 Å². The number of nitrogens with one attached hydrogen (secondary N) is 1. The van der Waals surface area contributed by atoms with Crippen LogP contribution in [0.1, 0.15) is 29.5 Å². The zero-order chi connectivity index (χ0) is 26.3. The Morgan fingerprint density at radius 3 is 2.26 bits per heavy atom. The van der Waals surface area contributed by atoms with E-state index in [1.54, 1.807) is 11.0 Å². The number of hydrogen-bond donors (Lipinski definition) is 2. The molecule has 3 N–H and O–H groups in total. The highest BCUT2D eigenvalue weighted by Crippen LogP contribution is 2.26. The molecule has 0 spiro atoms. The van der Waals surface area contributed by atoms with Crippen molar-refractivity contribution in [3.05, 3.63) is 102 Å². The zero-order valence-corrected chi connectivity index (χ0v) is 21.8. The molecule has 2 fully saturated rings. The van der Waals surface area contributed by atoms with Crippen LogP contribution in [0.5, 0.6) is 0 Å². The molecule has 7 heteroatoms. The van der Waals surface area contributed by atoms with Gasteiger partial charge in [-0.05, 0) is 55.1 Å². The summed E-state index contributed by atoms with van der Waals surface area (Å²) in [5, 5.41) is 7.83. The Kier molecular flexibility index (Phi) is 8.36. The van der Waals surface area contributed by atoms with E-state index in [-0.39, 0.29) is 18.0 Å². The number of ether oxygens (including phenoxy) is 1. The molecular formula is C31H37N5O2. The first-order valence-corrected chi connectivity index (χ1v) is 13.5. The van der Waals surface area contributed by atoms with E-state index in [1.807, 2.05) is 41.3 Å². The lowest BCUT2D eigenvalue weighted by atomic mass is 9.95. The minimum atomic E-state index is -0.118. The van der Waals surface area contributed by atoms with E-state index >= 15 is 0 Å². The summed E-state index contributed by atoms with van der Waals surface area (Å²) in [7, 11) is 0. The van der Waals surface area contributed by atoms with Crippen LogP contribution in [0.25, 0.3) is 0 Å². The summed E-state index contributed by atoms with van der Waals surface area (Å²) in [6.07, 6.45) is 2.03. The molecule has 2 aliphatic rings. The first-order valence-electron chi connectivity index (χ1n) is 13.5. The minimum Gasteiger partial charge on any atom is -0.384 e. The summed E-state index contributed by atoms with van der Waals surface area (Å²) in [5.74, 6) is 0.455. The van der Waals surface area contributed by atoms with Crippen LogP contribution in [0, 0.1) is 11.3 Å². The van der Waals surface area contributed by atoms with Crippen molar-refractivity contribution < 1.29 is 9.53 Å². The van der Waals surface area contributed by atoms with Gasteiger partial charge in [0.2, 0.25) is 0 Å². The summed E-state index contributed by atoms with van der Waals surface area (Å²) in [6.45, 7) is 5.35. The quantitative estimate of drug-likeness (QED) is 0.322. The molecule has 1 unspecified atom stereocenters. The smallest absolute Gasteiger partial charge is 0.324 e. The van der Waals surface area contributed by atoms with Crippen LogP contribution in [-0.4, -0.2) is 60.5 Å². The van der Waals surface area contributed by atoms with E-state index in [1.165, 1.54) is 5.56 Å². The van der Waals surface area contributed by atoms with E-state index in [0.29, 0.717) is 31.2 Å². The van der Waals surface area contributed by atoms with Crippen LogP contribution in [-0.2, 0) is 17.9 Å². The maximum atomic E-state index is 13.7. The molecule has 2 heterocycles. The van der Waals surface area contributed by atoms with Gasteiger partial charge in [0.1, 0.15) is 5.84 Å². The fourth-order valence-corrected chi connectivity index (χ4v) is 5.42. The second kappa shape index (κ2) is 12.2. The van der Waals surface area contributed by atoms with Crippen LogP contribution in [0.15, 0.2) is 84.9 Å². The van der Waals surface area contributed by atoms with Crippen molar-refractivity contribution in [1.29, 1.82) is 5.41 Å². The fourth-order valence-electron chi connectivity index (χ4n) is 5.42. The van der Waals surface area contributed by atoms with Gasteiger partial charge in [-0.15, -0.1) is 0 Å². The van der Waals surface area contributed by atoms with Gasteiger partial charge in [-0.3, -0.25) is 15.2 Å². The van der Waals surface area contributed by atoms with E-state index in [9.17, 15) is 4.79 Å². The molecule has 0 aliphatic carbocycles. The number of carbonyl (C=O) groups excluding carboxylic acids is 1. The van der Waals surface area contributed by atoms with E-state index in [4.69, 9.17) is 15.9 Å². The number of anilines is 1. The third kappa shape index (κ3) is 6.60. The Morgan fingerprint density at radius 2 is 1.58 bits per heavy atom. The number of benzene rings is 3. The molecule has 0 bridgehead atoms. The molecule has 2 aliphatic heterocycles. The van der Waals surface area contributed by atoms with Crippen molar-refractivity contribution in [1.82, 2.24) is 9.80 Å². The van der Waals surface area contributed by atoms with Crippen molar-refractivity contribution in [3.63, 3.8) is 0 Å². The summed E-state index contributed by atoms with van der Waals surface area (Å²) < 4.78 is 6.34. The van der Waals surface area contributed by atoms with Gasteiger partial charge in [-0.25, -0.2) is 4.79 Å². The Balaban J connectivity index is 1.26. The molecule has 0 radical (unpaired) electrons. The van der Waals surface area contributed by atoms with Gasteiger partial charge in [0.15, 0.2) is 0 Å². The number of amides is 2. The number of hydrogen-bond acceptors (Lipinski definition) is 4. The molecule has 0 aromatic heterocycles. The molecule has 7 nitrogen and oxygen atoms in total. The Bertz CT molecular complexity index is 1210. The molecule has 5 rings (SSSR count). The summed E-state index contributed by atoms with van der Waals surface area (Å²) in [5.41, 5.74) is 9.56. The predicted molar refractivity (Wildman–Crippen MR) is 151 cm³/mol. The van der Waals surface area contributed by atoms with E-state index < -0.39 is 0 Å². The van der Waals surface area contributed by atoms with E-state index in [0.717, 1.165) is 50.3 Å². The van der Waals surface area contributed by atoms with E-state index in [2.05, 4.69) is 47.4 Å². The molecule has 0 saturated carbocycles. The van der Waals surface area contributed by atoms with Crippen LogP contribution in [0.4, 0.5) is 10.5 Å². The van der Waals surface area contributed by atoms with Crippen molar-refractivity contribution in [2.24, 2.45) is 11.7 Å². The number of urea groups is 1. The highest BCUT2D eigenvalue weighted by atomic mass is 16.5. The van der Waals surface area contributed by atoms with Crippen LogP contribution < -0.4 is 10.6 Å². The first-order chi connectivity index (χ1) is 18.5. The molecule has 3 aromatic rings. The lowest BCUT2D eigenvalue weighted by Crippen LogP contribution is -2.58. The Hall–Kier alpha value is -3.68. The average molecular weight is 512 g/mol. The van der Waals surface area contributed by atoms with Gasteiger partial charge in [-0.2, -0.15) is 0 Å². The van der Waals surface area contributed by atoms with Gasteiger partial charge in [-0.1, -0.05) is 72.8 Å². The third-order valence-corrected chi connectivity index (χ3v) is 7.54. The maximum absolute atomic E-state index is 13.7. The minimum absolute atomic E-state index is 0.00280. The second-order valence-corrected chi connectivity index (χ2v) is 10.4. The van der Waals surface area contributed by atoms with Gasteiger partial charge >= 0.3 is 6.03 Å². The topological polar surface area (TPSA) is 85.9 Å². The standard InChI is InChI=1S/C31H37N5O2/c32-30(33)27-12-7-13-28(18-27)36-22-29(38-23-26-10-5-2-6-11-26)21-35(31(36)37)20-25-14-16-34(17-15-25)19-24-8-3-1-4-9-24/h1-13,18,25,29H,14-17,19-23H2,(H3,32,33). The number of nitrogen functional groups attached to an aromatic ring is 1. The average Bonchev–Trinajstić information content (AvgIpc) is 2.95. The van der Waals surface area contributed by atoms with Gasteiger partial charge < -0.3 is 15.4 Å². The summed E-state index contributed by atoms with van der Waals surface area (Å²) >= 11 is 0. The summed E-state index contributed by atoms with van der Waals surface area (Å²) in [4.78, 5) is 20.0. The lowest BCUT2D eigenvalue weighted by molar-refractivity contribution is 0.0128. The highest BCUT2D eigenvalue weighted by molar-refractivity contribution is 5.98. The summed E-state index contributed by atoms with van der Waals surface area (Å²) in [6, 6.07) is 28.1. The monoisotopic (exact) mass is 511 g/mol. The SMILES string of the molecule is N=C(N)c1cccc(N2CC(OCc3ccccc3)CN(CC3CCN(Cc4ccccc4)CC3)C2=O)c1. The predicted octanol–water partition coefficient (Wildman–Crippen LogP) is 4.71. The van der Waals surface area contributed by atoms with Gasteiger partial charge in [0.05, 0.1) is 25.8 Å². The third-order valence-electron chi connectivity index (χ3n) is 7.54. The van der Waals surface area contributed by atoms with Crippen LogP contribution in [0.3, 0.4) is 0 Å². The molecule has 198 valence electrons. The second-order valence-electron chi connectivity index (χ2n) is 10.4. The van der Waals surface area contributed by atoms with Gasteiger partial charge in [0, 0.05) is 24.3 Å². The largest absolute Gasteiger partial charge is 0.384 e. The zero-order valence-electron chi connectivity index (χ0n) is 21.8. The Morgan fingerprint density at radius 1 is 0.895 bits per heavy atom. The molecule has 2 saturated heterocycles.